The Labute approximate surface area is 201 Å². The van der Waals surface area contributed by atoms with Crippen LogP contribution in [0.3, 0.4) is 0 Å². The monoisotopic (exact) mass is 482 g/mol. The van der Waals surface area contributed by atoms with Gasteiger partial charge in [-0.2, -0.15) is 0 Å². The topological polar surface area (TPSA) is 84.9 Å². The molecule has 0 atom stereocenters. The van der Waals surface area contributed by atoms with Gasteiger partial charge in [-0.1, -0.05) is 18.2 Å². The maximum absolute atomic E-state index is 13.2. The van der Waals surface area contributed by atoms with Gasteiger partial charge in [-0.3, -0.25) is 9.10 Å². The molecule has 3 rings (SSSR count). The van der Waals surface area contributed by atoms with Crippen molar-refractivity contribution in [1.29, 1.82) is 0 Å². The summed E-state index contributed by atoms with van der Waals surface area (Å²) in [7, 11) is -0.761. The molecular formula is C26H30N2O5S. The van der Waals surface area contributed by atoms with Crippen LogP contribution >= 0.6 is 0 Å². The number of nitrogens with zero attached hydrogens (tertiary/aromatic N) is 1. The molecule has 1 amide bonds. The minimum atomic E-state index is -3.86. The number of aryl methyl sites for hydroxylation is 1. The van der Waals surface area contributed by atoms with Crippen molar-refractivity contribution >= 4 is 21.6 Å². The number of amides is 1. The first kappa shape index (κ1) is 25.1. The standard InChI is InChI=1S/C26H30N2O5S/c1-5-33-23-13-9-21(10-14-23)28(3)34(30,31)24-15-6-19(2)25(18-24)26(29)27-17-16-20-7-11-22(32-4)12-8-20/h6-15,18H,5,16-17H2,1-4H3,(H,27,29). The molecule has 0 heterocycles. The predicted molar refractivity (Wildman–Crippen MR) is 133 cm³/mol. The number of benzene rings is 3. The van der Waals surface area contributed by atoms with Crippen LogP contribution < -0.4 is 19.1 Å². The van der Waals surface area contributed by atoms with Crippen LogP contribution in [-0.4, -0.2) is 41.6 Å². The van der Waals surface area contributed by atoms with Crippen LogP contribution in [0.25, 0.3) is 0 Å². The summed E-state index contributed by atoms with van der Waals surface area (Å²) in [6.45, 7) is 4.62. The minimum absolute atomic E-state index is 0.0507. The first-order valence-corrected chi connectivity index (χ1v) is 12.4. The molecule has 0 spiro atoms. The molecule has 0 radical (unpaired) electrons. The van der Waals surface area contributed by atoms with Gasteiger partial charge in [0.1, 0.15) is 11.5 Å². The molecule has 0 aliphatic carbocycles. The molecule has 3 aromatic rings. The van der Waals surface area contributed by atoms with E-state index >= 15 is 0 Å². The molecule has 0 fully saturated rings. The predicted octanol–water partition coefficient (Wildman–Crippen LogP) is 4.20. The number of ether oxygens (including phenoxy) is 2. The molecular weight excluding hydrogens is 452 g/mol. The van der Waals surface area contributed by atoms with E-state index in [1.54, 1.807) is 44.4 Å². The summed E-state index contributed by atoms with van der Waals surface area (Å²) in [5, 5.41) is 2.88. The second-order valence-electron chi connectivity index (χ2n) is 7.73. The van der Waals surface area contributed by atoms with Gasteiger partial charge in [-0.15, -0.1) is 0 Å². The van der Waals surface area contributed by atoms with Crippen LogP contribution in [0.15, 0.2) is 71.6 Å². The highest BCUT2D eigenvalue weighted by Gasteiger charge is 2.23. The van der Waals surface area contributed by atoms with Crippen molar-refractivity contribution in [3.8, 4) is 11.5 Å². The quantitative estimate of drug-likeness (QED) is 0.468. The van der Waals surface area contributed by atoms with E-state index in [1.807, 2.05) is 31.2 Å². The van der Waals surface area contributed by atoms with Gasteiger partial charge < -0.3 is 14.8 Å². The molecule has 1 N–H and O–H groups in total. The molecule has 7 nitrogen and oxygen atoms in total. The summed E-state index contributed by atoms with van der Waals surface area (Å²) in [6.07, 6.45) is 0.646. The van der Waals surface area contributed by atoms with E-state index in [9.17, 15) is 13.2 Å². The van der Waals surface area contributed by atoms with Crippen molar-refractivity contribution in [3.63, 3.8) is 0 Å². The van der Waals surface area contributed by atoms with Crippen molar-refractivity contribution in [2.24, 2.45) is 0 Å². The third-order valence-corrected chi connectivity index (χ3v) is 7.26. The van der Waals surface area contributed by atoms with Crippen LogP contribution in [0.4, 0.5) is 5.69 Å². The first-order chi connectivity index (χ1) is 16.3. The average Bonchev–Trinajstić information content (AvgIpc) is 2.84. The highest BCUT2D eigenvalue weighted by Crippen LogP contribution is 2.25. The third kappa shape index (κ3) is 5.88. The highest BCUT2D eigenvalue weighted by molar-refractivity contribution is 7.92. The Morgan fingerprint density at radius 2 is 1.62 bits per heavy atom. The van der Waals surface area contributed by atoms with E-state index in [0.29, 0.717) is 42.1 Å². The highest BCUT2D eigenvalue weighted by atomic mass is 32.2. The zero-order valence-electron chi connectivity index (χ0n) is 19.9. The number of carbonyl (C=O) groups is 1. The summed E-state index contributed by atoms with van der Waals surface area (Å²) in [5.41, 5.74) is 2.58. The lowest BCUT2D eigenvalue weighted by Crippen LogP contribution is -2.29. The van der Waals surface area contributed by atoms with Crippen molar-refractivity contribution in [2.45, 2.75) is 25.2 Å². The third-order valence-electron chi connectivity index (χ3n) is 5.48. The number of carbonyl (C=O) groups excluding carboxylic acids is 1. The van der Waals surface area contributed by atoms with Crippen molar-refractivity contribution in [1.82, 2.24) is 5.32 Å². The Morgan fingerprint density at radius 1 is 0.971 bits per heavy atom. The lowest BCUT2D eigenvalue weighted by atomic mass is 10.1. The molecule has 0 aromatic heterocycles. The molecule has 34 heavy (non-hydrogen) atoms. The average molecular weight is 483 g/mol. The molecule has 0 saturated heterocycles. The van der Waals surface area contributed by atoms with Crippen molar-refractivity contribution in [2.75, 3.05) is 31.6 Å². The lowest BCUT2D eigenvalue weighted by molar-refractivity contribution is 0.0953. The molecule has 180 valence electrons. The molecule has 0 saturated carbocycles. The van der Waals surface area contributed by atoms with Crippen LogP contribution in [0.5, 0.6) is 11.5 Å². The maximum Gasteiger partial charge on any atom is 0.264 e. The van der Waals surface area contributed by atoms with E-state index in [0.717, 1.165) is 11.3 Å². The molecule has 3 aromatic carbocycles. The Hall–Kier alpha value is -3.52. The molecule has 0 bridgehead atoms. The largest absolute Gasteiger partial charge is 0.497 e. The number of rotatable bonds is 10. The van der Waals surface area contributed by atoms with Crippen LogP contribution in [0.1, 0.15) is 28.4 Å². The van der Waals surface area contributed by atoms with E-state index < -0.39 is 10.0 Å². The fourth-order valence-electron chi connectivity index (χ4n) is 3.43. The normalized spacial score (nSPS) is 11.1. The van der Waals surface area contributed by atoms with Crippen molar-refractivity contribution < 1.29 is 22.7 Å². The van der Waals surface area contributed by atoms with Crippen LogP contribution in [0.2, 0.25) is 0 Å². The number of methoxy groups -OCH3 is 1. The number of hydrogen-bond acceptors (Lipinski definition) is 5. The second-order valence-corrected chi connectivity index (χ2v) is 9.70. The SMILES string of the molecule is CCOc1ccc(N(C)S(=O)(=O)c2ccc(C)c(C(=O)NCCc3ccc(OC)cc3)c2)cc1. The van der Waals surface area contributed by atoms with Gasteiger partial charge in [0.2, 0.25) is 0 Å². The smallest absolute Gasteiger partial charge is 0.264 e. The Morgan fingerprint density at radius 3 is 2.24 bits per heavy atom. The maximum atomic E-state index is 13.2. The summed E-state index contributed by atoms with van der Waals surface area (Å²) >= 11 is 0. The fraction of sp³-hybridized carbons (Fsp3) is 0.269. The van der Waals surface area contributed by atoms with Gasteiger partial charge in [0, 0.05) is 19.2 Å². The van der Waals surface area contributed by atoms with E-state index in [1.165, 1.54) is 23.5 Å². The van der Waals surface area contributed by atoms with Crippen LogP contribution in [-0.2, 0) is 16.4 Å². The second kappa shape index (κ2) is 11.1. The summed E-state index contributed by atoms with van der Waals surface area (Å²) < 4.78 is 38.2. The van der Waals surface area contributed by atoms with Gasteiger partial charge in [-0.25, -0.2) is 8.42 Å². The minimum Gasteiger partial charge on any atom is -0.497 e. The Bertz CT molecular complexity index is 1220. The van der Waals surface area contributed by atoms with Gasteiger partial charge in [0.15, 0.2) is 0 Å². The van der Waals surface area contributed by atoms with Gasteiger partial charge in [0.05, 0.1) is 24.3 Å². The van der Waals surface area contributed by atoms with Gasteiger partial charge in [0.25, 0.3) is 15.9 Å². The van der Waals surface area contributed by atoms with E-state index in [-0.39, 0.29) is 10.8 Å². The zero-order valence-corrected chi connectivity index (χ0v) is 20.7. The van der Waals surface area contributed by atoms with E-state index in [4.69, 9.17) is 9.47 Å². The number of anilines is 1. The summed E-state index contributed by atoms with van der Waals surface area (Å²) in [6, 6.07) is 19.0. The van der Waals surface area contributed by atoms with Gasteiger partial charge >= 0.3 is 0 Å². The molecule has 8 heteroatoms. The first-order valence-electron chi connectivity index (χ1n) is 11.0. The fourth-order valence-corrected chi connectivity index (χ4v) is 4.65. The zero-order chi connectivity index (χ0) is 24.7. The molecule has 0 unspecified atom stereocenters. The molecule has 0 aliphatic heterocycles. The summed E-state index contributed by atoms with van der Waals surface area (Å²) in [5.74, 6) is 1.13. The summed E-state index contributed by atoms with van der Waals surface area (Å²) in [4.78, 5) is 12.9. The number of hydrogen-bond donors (Lipinski definition) is 1. The number of nitrogens with one attached hydrogen (secondary N) is 1. The van der Waals surface area contributed by atoms with Crippen molar-refractivity contribution in [3.05, 3.63) is 83.4 Å². The Balaban J connectivity index is 1.72. The number of sulfonamides is 1. The van der Waals surface area contributed by atoms with E-state index in [2.05, 4.69) is 5.32 Å². The van der Waals surface area contributed by atoms with Gasteiger partial charge in [-0.05, 0) is 79.9 Å². The lowest BCUT2D eigenvalue weighted by Gasteiger charge is -2.20. The molecule has 0 aliphatic rings. The van der Waals surface area contributed by atoms with Crippen LogP contribution in [0, 0.1) is 6.92 Å². The Kier molecular flexibility index (Phi) is 8.17.